The molecule has 19 heavy (non-hydrogen) atoms. The SMILES string of the molecule is Cc1cc(F)cc(C(=O)N2C(C)CCCC2CN)c1. The monoisotopic (exact) mass is 264 g/mol. The number of piperidine rings is 1. The van der Waals surface area contributed by atoms with Crippen LogP contribution in [-0.4, -0.2) is 29.4 Å². The van der Waals surface area contributed by atoms with Gasteiger partial charge in [-0.1, -0.05) is 0 Å². The molecule has 1 saturated heterocycles. The second-order valence-corrected chi connectivity index (χ2v) is 5.40. The summed E-state index contributed by atoms with van der Waals surface area (Å²) in [5.41, 5.74) is 6.95. The van der Waals surface area contributed by atoms with Crippen LogP contribution in [0.1, 0.15) is 42.1 Å². The van der Waals surface area contributed by atoms with E-state index in [0.29, 0.717) is 12.1 Å². The topological polar surface area (TPSA) is 46.3 Å². The van der Waals surface area contributed by atoms with Crippen LogP contribution in [0, 0.1) is 12.7 Å². The van der Waals surface area contributed by atoms with Gasteiger partial charge in [-0.05, 0) is 56.9 Å². The molecule has 2 N–H and O–H groups in total. The third-order valence-electron chi connectivity index (χ3n) is 3.82. The van der Waals surface area contributed by atoms with Gasteiger partial charge in [0.25, 0.3) is 5.91 Å². The summed E-state index contributed by atoms with van der Waals surface area (Å²) in [4.78, 5) is 14.4. The van der Waals surface area contributed by atoms with E-state index in [-0.39, 0.29) is 23.8 Å². The van der Waals surface area contributed by atoms with Crippen molar-refractivity contribution in [1.82, 2.24) is 4.90 Å². The molecular formula is C15H21FN2O. The van der Waals surface area contributed by atoms with Gasteiger partial charge in [0.1, 0.15) is 5.82 Å². The molecule has 1 heterocycles. The highest BCUT2D eigenvalue weighted by Crippen LogP contribution is 2.25. The number of halogens is 1. The van der Waals surface area contributed by atoms with Gasteiger partial charge in [0.15, 0.2) is 0 Å². The molecule has 0 bridgehead atoms. The Morgan fingerprint density at radius 1 is 1.42 bits per heavy atom. The lowest BCUT2D eigenvalue weighted by Gasteiger charge is -2.40. The molecule has 4 heteroatoms. The molecule has 0 radical (unpaired) electrons. The molecule has 1 fully saturated rings. The third kappa shape index (κ3) is 2.95. The number of benzene rings is 1. The van der Waals surface area contributed by atoms with Gasteiger partial charge in [-0.3, -0.25) is 4.79 Å². The van der Waals surface area contributed by atoms with Crippen LogP contribution in [0.2, 0.25) is 0 Å². The molecule has 2 atom stereocenters. The van der Waals surface area contributed by atoms with Crippen LogP contribution in [0.25, 0.3) is 0 Å². The lowest BCUT2D eigenvalue weighted by molar-refractivity contribution is 0.0493. The van der Waals surface area contributed by atoms with Crippen molar-refractivity contribution in [1.29, 1.82) is 0 Å². The maximum absolute atomic E-state index is 13.4. The van der Waals surface area contributed by atoms with E-state index in [2.05, 4.69) is 0 Å². The van der Waals surface area contributed by atoms with Crippen LogP contribution in [0.5, 0.6) is 0 Å². The van der Waals surface area contributed by atoms with Crippen LogP contribution >= 0.6 is 0 Å². The van der Waals surface area contributed by atoms with Gasteiger partial charge in [-0.25, -0.2) is 4.39 Å². The Morgan fingerprint density at radius 3 is 2.79 bits per heavy atom. The van der Waals surface area contributed by atoms with Gasteiger partial charge in [-0.2, -0.15) is 0 Å². The number of hydrogen-bond acceptors (Lipinski definition) is 2. The number of amides is 1. The maximum Gasteiger partial charge on any atom is 0.254 e. The second kappa shape index (κ2) is 5.70. The Morgan fingerprint density at radius 2 is 2.16 bits per heavy atom. The Kier molecular flexibility index (Phi) is 4.20. The predicted molar refractivity (Wildman–Crippen MR) is 73.5 cm³/mol. The van der Waals surface area contributed by atoms with Crippen LogP contribution in [0.3, 0.4) is 0 Å². The fourth-order valence-electron chi connectivity index (χ4n) is 2.89. The minimum atomic E-state index is -0.364. The van der Waals surface area contributed by atoms with E-state index in [1.165, 1.54) is 12.1 Å². The normalized spacial score (nSPS) is 23.5. The average Bonchev–Trinajstić information content (AvgIpc) is 2.36. The largest absolute Gasteiger partial charge is 0.332 e. The number of nitrogens with two attached hydrogens (primary N) is 1. The fourth-order valence-corrected chi connectivity index (χ4v) is 2.89. The molecule has 1 aliphatic heterocycles. The lowest BCUT2D eigenvalue weighted by Crippen LogP contribution is -2.51. The Balaban J connectivity index is 2.30. The van der Waals surface area contributed by atoms with Crippen molar-refractivity contribution in [2.45, 2.75) is 45.2 Å². The van der Waals surface area contributed by atoms with Crippen molar-refractivity contribution in [2.75, 3.05) is 6.54 Å². The number of carbonyl (C=O) groups excluding carboxylic acids is 1. The molecule has 2 rings (SSSR count). The van der Waals surface area contributed by atoms with Crippen molar-refractivity contribution < 1.29 is 9.18 Å². The van der Waals surface area contributed by atoms with Gasteiger partial charge in [0.05, 0.1) is 0 Å². The molecule has 1 aliphatic rings. The lowest BCUT2D eigenvalue weighted by atomic mass is 9.95. The molecule has 1 amide bonds. The van der Waals surface area contributed by atoms with Gasteiger partial charge in [0, 0.05) is 24.2 Å². The average molecular weight is 264 g/mol. The Labute approximate surface area is 113 Å². The number of aryl methyl sites for hydroxylation is 1. The second-order valence-electron chi connectivity index (χ2n) is 5.40. The zero-order valence-electron chi connectivity index (χ0n) is 11.5. The smallest absolute Gasteiger partial charge is 0.254 e. The number of nitrogens with zero attached hydrogens (tertiary/aromatic N) is 1. The summed E-state index contributed by atoms with van der Waals surface area (Å²) in [5, 5.41) is 0. The van der Waals surface area contributed by atoms with E-state index in [4.69, 9.17) is 5.73 Å². The van der Waals surface area contributed by atoms with Gasteiger partial charge >= 0.3 is 0 Å². The quantitative estimate of drug-likeness (QED) is 0.892. The Hall–Kier alpha value is -1.42. The highest BCUT2D eigenvalue weighted by Gasteiger charge is 2.31. The van der Waals surface area contributed by atoms with E-state index >= 15 is 0 Å². The molecule has 1 aromatic carbocycles. The van der Waals surface area contributed by atoms with Crippen LogP contribution < -0.4 is 5.73 Å². The zero-order chi connectivity index (χ0) is 14.0. The Bertz CT molecular complexity index is 455. The first-order valence-corrected chi connectivity index (χ1v) is 6.83. The van der Waals surface area contributed by atoms with Crippen molar-refractivity contribution in [3.63, 3.8) is 0 Å². The first-order chi connectivity index (χ1) is 9.02. The van der Waals surface area contributed by atoms with Crippen LogP contribution in [-0.2, 0) is 0 Å². The van der Waals surface area contributed by atoms with Crippen LogP contribution in [0.4, 0.5) is 4.39 Å². The molecule has 1 aromatic rings. The number of rotatable bonds is 2. The van der Waals surface area contributed by atoms with Crippen molar-refractivity contribution >= 4 is 5.91 Å². The third-order valence-corrected chi connectivity index (χ3v) is 3.82. The summed E-state index contributed by atoms with van der Waals surface area (Å²) < 4.78 is 13.4. The number of likely N-dealkylation sites (tertiary alicyclic amines) is 1. The molecule has 0 saturated carbocycles. The van der Waals surface area contributed by atoms with Gasteiger partial charge in [0.2, 0.25) is 0 Å². The highest BCUT2D eigenvalue weighted by molar-refractivity contribution is 5.95. The van der Waals surface area contributed by atoms with Crippen molar-refractivity contribution in [3.05, 3.63) is 35.1 Å². The first kappa shape index (κ1) is 14.0. The fraction of sp³-hybridized carbons (Fsp3) is 0.533. The van der Waals surface area contributed by atoms with E-state index in [1.54, 1.807) is 13.0 Å². The summed E-state index contributed by atoms with van der Waals surface area (Å²) in [7, 11) is 0. The van der Waals surface area contributed by atoms with E-state index in [9.17, 15) is 9.18 Å². The molecule has 104 valence electrons. The van der Waals surface area contributed by atoms with Crippen LogP contribution in [0.15, 0.2) is 18.2 Å². The van der Waals surface area contributed by atoms with E-state index in [1.807, 2.05) is 11.8 Å². The maximum atomic E-state index is 13.4. The summed E-state index contributed by atoms with van der Waals surface area (Å²) in [6.45, 7) is 4.29. The number of carbonyl (C=O) groups is 1. The molecule has 0 aromatic heterocycles. The molecule has 2 unspecified atom stereocenters. The first-order valence-electron chi connectivity index (χ1n) is 6.83. The highest BCUT2D eigenvalue weighted by atomic mass is 19.1. The van der Waals surface area contributed by atoms with Crippen molar-refractivity contribution in [2.24, 2.45) is 5.73 Å². The molecular weight excluding hydrogens is 243 g/mol. The summed E-state index contributed by atoms with van der Waals surface area (Å²) >= 11 is 0. The molecule has 0 aliphatic carbocycles. The van der Waals surface area contributed by atoms with E-state index in [0.717, 1.165) is 24.8 Å². The van der Waals surface area contributed by atoms with E-state index < -0.39 is 0 Å². The minimum Gasteiger partial charge on any atom is -0.332 e. The van der Waals surface area contributed by atoms with Gasteiger partial charge < -0.3 is 10.6 Å². The minimum absolute atomic E-state index is 0.0693. The van der Waals surface area contributed by atoms with Gasteiger partial charge in [-0.15, -0.1) is 0 Å². The summed E-state index contributed by atoms with van der Waals surface area (Å²) in [6, 6.07) is 4.71. The summed E-state index contributed by atoms with van der Waals surface area (Å²) in [6.07, 6.45) is 3.01. The predicted octanol–water partition coefficient (Wildman–Crippen LogP) is 2.48. The van der Waals surface area contributed by atoms with Crippen molar-refractivity contribution in [3.8, 4) is 0 Å². The number of hydrogen-bond donors (Lipinski definition) is 1. The zero-order valence-corrected chi connectivity index (χ0v) is 11.5. The summed E-state index contributed by atoms with van der Waals surface area (Å²) in [5.74, 6) is -0.470. The standard InChI is InChI=1S/C15H21FN2O/c1-10-6-12(8-13(16)7-10)15(19)18-11(2)4-3-5-14(18)9-17/h6-8,11,14H,3-5,9,17H2,1-2H3. The molecule has 3 nitrogen and oxygen atoms in total. The molecule has 0 spiro atoms.